The first kappa shape index (κ1) is 19.9. The van der Waals surface area contributed by atoms with Crippen molar-refractivity contribution in [3.8, 4) is 0 Å². The number of hydrogen-bond donors (Lipinski definition) is 2. The summed E-state index contributed by atoms with van der Waals surface area (Å²) in [5.74, 6) is 5.24. The minimum atomic E-state index is -0.665. The van der Waals surface area contributed by atoms with Gasteiger partial charge in [0, 0.05) is 30.7 Å². The number of aryl methyl sites for hydroxylation is 1. The first-order valence-corrected chi connectivity index (χ1v) is 10.5. The van der Waals surface area contributed by atoms with Crippen LogP contribution < -0.4 is 27.7 Å². The summed E-state index contributed by atoms with van der Waals surface area (Å²) < 4.78 is 17.5. The Morgan fingerprint density at radius 3 is 2.48 bits per heavy atom. The summed E-state index contributed by atoms with van der Waals surface area (Å²) in [5, 5.41) is 0.149. The predicted molar refractivity (Wildman–Crippen MR) is 113 cm³/mol. The van der Waals surface area contributed by atoms with E-state index >= 15 is 4.39 Å². The molecule has 1 atom stereocenters. The van der Waals surface area contributed by atoms with Gasteiger partial charge in [-0.25, -0.2) is 9.18 Å². The molecule has 29 heavy (non-hydrogen) atoms. The molecule has 0 radical (unpaired) electrons. The van der Waals surface area contributed by atoms with Gasteiger partial charge in [0.25, 0.3) is 5.56 Å². The van der Waals surface area contributed by atoms with Crippen LogP contribution in [0.15, 0.2) is 15.7 Å². The van der Waals surface area contributed by atoms with Crippen LogP contribution in [0.1, 0.15) is 57.6 Å². The maximum Gasteiger partial charge on any atom is 0.350 e. The molecular formula is C21H30FN5O2. The summed E-state index contributed by atoms with van der Waals surface area (Å²) >= 11 is 0. The molecule has 0 bridgehead atoms. The lowest BCUT2D eigenvalue weighted by Gasteiger charge is -2.46. The maximum absolute atomic E-state index is 15.4. The van der Waals surface area contributed by atoms with Crippen molar-refractivity contribution in [2.24, 2.45) is 11.1 Å². The highest BCUT2D eigenvalue weighted by atomic mass is 19.1. The van der Waals surface area contributed by atoms with Crippen molar-refractivity contribution >= 4 is 16.6 Å². The Bertz CT molecular complexity index is 1080. The number of piperidine rings is 1. The molecule has 0 amide bonds. The van der Waals surface area contributed by atoms with Gasteiger partial charge >= 0.3 is 5.69 Å². The lowest BCUT2D eigenvalue weighted by atomic mass is 9.74. The molecule has 2 fully saturated rings. The Balaban J connectivity index is 1.97. The SMILES string of the molecule is CCC1(CC)C[C@H](N)CN(c2c(F)cc3c(=O)n(N)c(=O)n(C4CC4)c3c2C)C1. The number of nitrogens with two attached hydrogens (primary N) is 2. The lowest BCUT2D eigenvalue weighted by molar-refractivity contribution is 0.195. The van der Waals surface area contributed by atoms with Gasteiger partial charge in [0.1, 0.15) is 5.82 Å². The van der Waals surface area contributed by atoms with E-state index in [1.165, 1.54) is 6.07 Å². The number of hydrogen-bond acceptors (Lipinski definition) is 5. The van der Waals surface area contributed by atoms with Gasteiger partial charge in [-0.1, -0.05) is 13.8 Å². The van der Waals surface area contributed by atoms with Crippen molar-refractivity contribution < 1.29 is 4.39 Å². The van der Waals surface area contributed by atoms with Gasteiger partial charge < -0.3 is 16.5 Å². The van der Waals surface area contributed by atoms with E-state index in [4.69, 9.17) is 11.6 Å². The molecular weight excluding hydrogens is 373 g/mol. The van der Waals surface area contributed by atoms with E-state index in [1.54, 1.807) is 11.5 Å². The number of benzene rings is 1. The van der Waals surface area contributed by atoms with E-state index in [-0.39, 0.29) is 22.9 Å². The summed E-state index contributed by atoms with van der Waals surface area (Å²) in [5.41, 5.74) is 6.74. The Labute approximate surface area is 169 Å². The van der Waals surface area contributed by atoms with Crippen LogP contribution in [0.5, 0.6) is 0 Å². The molecule has 0 unspecified atom stereocenters. The molecule has 2 heterocycles. The van der Waals surface area contributed by atoms with Gasteiger partial charge in [-0.15, -0.1) is 0 Å². The third-order valence-electron chi connectivity index (χ3n) is 6.97. The summed E-state index contributed by atoms with van der Waals surface area (Å²) in [4.78, 5) is 27.4. The predicted octanol–water partition coefficient (Wildman–Crippen LogP) is 2.00. The Morgan fingerprint density at radius 1 is 1.24 bits per heavy atom. The molecule has 158 valence electrons. The highest BCUT2D eigenvalue weighted by molar-refractivity contribution is 5.87. The first-order valence-electron chi connectivity index (χ1n) is 10.5. The minimum absolute atomic E-state index is 0.00592. The molecule has 1 aromatic carbocycles. The maximum atomic E-state index is 15.4. The average Bonchev–Trinajstić information content (AvgIpc) is 3.52. The molecule has 7 nitrogen and oxygen atoms in total. The van der Waals surface area contributed by atoms with Gasteiger partial charge in [0.2, 0.25) is 0 Å². The molecule has 2 aromatic rings. The van der Waals surface area contributed by atoms with Crippen molar-refractivity contribution in [1.29, 1.82) is 0 Å². The third-order valence-corrected chi connectivity index (χ3v) is 6.97. The highest BCUT2D eigenvalue weighted by Gasteiger charge is 2.38. The number of nitrogens with zero attached hydrogens (tertiary/aromatic N) is 3. The van der Waals surface area contributed by atoms with Gasteiger partial charge in [0.15, 0.2) is 0 Å². The van der Waals surface area contributed by atoms with E-state index in [0.717, 1.165) is 32.1 Å². The summed E-state index contributed by atoms with van der Waals surface area (Å²) in [6.45, 7) is 7.35. The zero-order chi connectivity index (χ0) is 21.1. The second-order valence-electron chi connectivity index (χ2n) is 8.84. The zero-order valence-corrected chi connectivity index (χ0v) is 17.4. The summed E-state index contributed by atoms with van der Waals surface area (Å²) in [6, 6.07) is 1.19. The summed E-state index contributed by atoms with van der Waals surface area (Å²) in [6.07, 6.45) is 4.54. The van der Waals surface area contributed by atoms with Crippen molar-refractivity contribution in [3.05, 3.63) is 38.3 Å². The van der Waals surface area contributed by atoms with E-state index in [0.29, 0.717) is 34.5 Å². The number of anilines is 1. The standard InChI is InChI=1S/C21H30FN5O2/c1-4-21(5-2)9-13(23)10-25(11-21)18-12(3)17-15(8-16(18)22)19(28)27(24)20(29)26(17)14-6-7-14/h8,13-14H,4-7,9-11,23-24H2,1-3H3/t13-/m0/s1. The molecule has 0 spiro atoms. The fraction of sp³-hybridized carbons (Fsp3) is 0.619. The van der Waals surface area contributed by atoms with Crippen LogP contribution in [0, 0.1) is 18.2 Å². The molecule has 4 rings (SSSR count). The fourth-order valence-electron chi connectivity index (χ4n) is 5.09. The molecule has 1 aromatic heterocycles. The van der Waals surface area contributed by atoms with Crippen molar-refractivity contribution in [2.75, 3.05) is 23.8 Å². The number of aromatic nitrogens is 2. The minimum Gasteiger partial charge on any atom is -0.367 e. The quantitative estimate of drug-likeness (QED) is 0.761. The van der Waals surface area contributed by atoms with Gasteiger partial charge in [-0.05, 0) is 50.5 Å². The van der Waals surface area contributed by atoms with Crippen molar-refractivity contribution in [3.63, 3.8) is 0 Å². The number of fused-ring (bicyclic) bond motifs is 1. The summed E-state index contributed by atoms with van der Waals surface area (Å²) in [7, 11) is 0. The van der Waals surface area contributed by atoms with Gasteiger partial charge in [-0.3, -0.25) is 9.36 Å². The topological polar surface area (TPSA) is 99.3 Å². The Morgan fingerprint density at radius 2 is 1.90 bits per heavy atom. The van der Waals surface area contributed by atoms with Crippen LogP contribution in [0.4, 0.5) is 10.1 Å². The van der Waals surface area contributed by atoms with Gasteiger partial charge in [-0.2, -0.15) is 4.68 Å². The molecule has 1 aliphatic carbocycles. The molecule has 1 saturated heterocycles. The Kier molecular flexibility index (Phi) is 4.72. The molecule has 4 N–H and O–H groups in total. The van der Waals surface area contributed by atoms with Crippen LogP contribution in [-0.4, -0.2) is 28.4 Å². The van der Waals surface area contributed by atoms with E-state index in [9.17, 15) is 9.59 Å². The molecule has 1 aliphatic heterocycles. The van der Waals surface area contributed by atoms with Crippen molar-refractivity contribution in [2.45, 2.75) is 65.0 Å². The zero-order valence-electron chi connectivity index (χ0n) is 17.4. The molecule has 1 saturated carbocycles. The normalized spacial score (nSPS) is 21.7. The van der Waals surface area contributed by atoms with Crippen molar-refractivity contribution in [1.82, 2.24) is 9.24 Å². The second kappa shape index (κ2) is 6.86. The highest BCUT2D eigenvalue weighted by Crippen LogP contribution is 2.42. The first-order chi connectivity index (χ1) is 13.7. The fourth-order valence-corrected chi connectivity index (χ4v) is 5.09. The van der Waals surface area contributed by atoms with E-state index in [2.05, 4.69) is 13.8 Å². The number of halogens is 1. The van der Waals surface area contributed by atoms with Crippen LogP contribution >= 0.6 is 0 Å². The van der Waals surface area contributed by atoms with Crippen LogP contribution in [-0.2, 0) is 0 Å². The second-order valence-corrected chi connectivity index (χ2v) is 8.84. The lowest BCUT2D eigenvalue weighted by Crippen LogP contribution is -2.53. The van der Waals surface area contributed by atoms with Gasteiger partial charge in [0.05, 0.1) is 16.6 Å². The van der Waals surface area contributed by atoms with Crippen LogP contribution in [0.3, 0.4) is 0 Å². The third kappa shape index (κ3) is 3.04. The van der Waals surface area contributed by atoms with Crippen LogP contribution in [0.2, 0.25) is 0 Å². The van der Waals surface area contributed by atoms with Crippen LogP contribution in [0.25, 0.3) is 10.9 Å². The molecule has 8 heteroatoms. The molecule has 2 aliphatic rings. The van der Waals surface area contributed by atoms with E-state index < -0.39 is 17.1 Å². The average molecular weight is 404 g/mol. The number of nitrogen functional groups attached to an aromatic ring is 1. The largest absolute Gasteiger partial charge is 0.367 e. The monoisotopic (exact) mass is 403 g/mol. The Hall–Kier alpha value is -2.35. The number of rotatable bonds is 4. The smallest absolute Gasteiger partial charge is 0.350 e. The van der Waals surface area contributed by atoms with E-state index in [1.807, 2.05) is 4.90 Å².